The monoisotopic (exact) mass is 486 g/mol. The molecule has 1 aromatic heterocycles. The normalized spacial score (nSPS) is 21.9. The number of hydrogen-bond acceptors (Lipinski definition) is 5. The lowest BCUT2D eigenvalue weighted by atomic mass is 9.70. The van der Waals surface area contributed by atoms with E-state index in [0.29, 0.717) is 5.92 Å². The molecule has 1 saturated carbocycles. The van der Waals surface area contributed by atoms with Crippen LogP contribution in [-0.4, -0.2) is 50.2 Å². The zero-order valence-corrected chi connectivity index (χ0v) is 22.0. The van der Waals surface area contributed by atoms with E-state index >= 15 is 0 Å². The first-order chi connectivity index (χ1) is 17.3. The largest absolute Gasteiger partial charge is 0.497 e. The number of nitrogens with zero attached hydrogens (tertiary/aromatic N) is 3. The fourth-order valence-corrected chi connectivity index (χ4v) is 6.22. The fourth-order valence-electron chi connectivity index (χ4n) is 6.22. The smallest absolute Gasteiger partial charge is 0.252 e. The summed E-state index contributed by atoms with van der Waals surface area (Å²) in [6.45, 7) is 10.4. The minimum absolute atomic E-state index is 0.0154. The van der Waals surface area contributed by atoms with Crippen molar-refractivity contribution in [3.8, 4) is 5.75 Å². The van der Waals surface area contributed by atoms with Crippen LogP contribution in [0.5, 0.6) is 5.75 Å². The Labute approximate surface area is 214 Å². The highest BCUT2D eigenvalue weighted by atomic mass is 16.5. The zero-order chi connectivity index (χ0) is 25.3. The Hall–Kier alpha value is -3.28. The molecule has 2 atom stereocenters. The van der Waals surface area contributed by atoms with Gasteiger partial charge in [0.2, 0.25) is 0 Å². The molecule has 36 heavy (non-hydrogen) atoms. The second kappa shape index (κ2) is 10.00. The third-order valence-corrected chi connectivity index (χ3v) is 7.71. The number of ether oxygens (including phenoxy) is 1. The summed E-state index contributed by atoms with van der Waals surface area (Å²) in [6, 6.07) is 18.4. The molecule has 190 valence electrons. The van der Waals surface area contributed by atoms with Crippen LogP contribution in [0, 0.1) is 11.3 Å². The van der Waals surface area contributed by atoms with Gasteiger partial charge in [0, 0.05) is 43.3 Å². The van der Waals surface area contributed by atoms with Gasteiger partial charge in [-0.15, -0.1) is 0 Å². The van der Waals surface area contributed by atoms with Gasteiger partial charge in [0.05, 0.1) is 18.2 Å². The van der Waals surface area contributed by atoms with Gasteiger partial charge in [-0.05, 0) is 67.0 Å². The number of para-hydroxylation sites is 1. The highest BCUT2D eigenvalue weighted by Crippen LogP contribution is 2.38. The van der Waals surface area contributed by atoms with Gasteiger partial charge in [0.1, 0.15) is 11.6 Å². The van der Waals surface area contributed by atoms with Crippen LogP contribution in [0.3, 0.4) is 0 Å². The van der Waals surface area contributed by atoms with E-state index in [1.165, 1.54) is 12.1 Å². The van der Waals surface area contributed by atoms with Crippen molar-refractivity contribution in [2.24, 2.45) is 11.3 Å². The van der Waals surface area contributed by atoms with Crippen LogP contribution < -0.4 is 19.9 Å². The van der Waals surface area contributed by atoms with Crippen LogP contribution in [0.25, 0.3) is 10.9 Å². The maximum atomic E-state index is 13.6. The van der Waals surface area contributed by atoms with E-state index in [1.807, 2.05) is 42.5 Å². The van der Waals surface area contributed by atoms with E-state index in [2.05, 4.69) is 48.0 Å². The molecule has 3 aromatic rings. The number of nitrogens with one attached hydrogen (secondary N) is 1. The molecule has 1 amide bonds. The van der Waals surface area contributed by atoms with Crippen molar-refractivity contribution in [1.29, 1.82) is 0 Å². The van der Waals surface area contributed by atoms with Gasteiger partial charge >= 0.3 is 0 Å². The summed E-state index contributed by atoms with van der Waals surface area (Å²) in [5.74, 6) is 2.38. The Bertz CT molecular complexity index is 1220. The molecule has 1 N–H and O–H groups in total. The molecule has 0 unspecified atom stereocenters. The molecule has 2 aromatic carbocycles. The molecular formula is C30H38N4O2. The molecule has 0 bridgehead atoms. The van der Waals surface area contributed by atoms with E-state index in [4.69, 9.17) is 9.72 Å². The zero-order valence-electron chi connectivity index (χ0n) is 22.0. The number of fused-ring (bicyclic) bond motifs is 1. The third kappa shape index (κ3) is 5.28. The summed E-state index contributed by atoms with van der Waals surface area (Å²) in [5.41, 5.74) is 3.05. The minimum Gasteiger partial charge on any atom is -0.497 e. The lowest BCUT2D eigenvalue weighted by Gasteiger charge is -2.39. The van der Waals surface area contributed by atoms with Crippen molar-refractivity contribution >= 4 is 28.3 Å². The van der Waals surface area contributed by atoms with E-state index in [0.717, 1.165) is 67.1 Å². The maximum Gasteiger partial charge on any atom is 0.252 e. The number of aromatic nitrogens is 1. The number of hydrogen-bond donors (Lipinski definition) is 1. The number of amides is 1. The maximum absolute atomic E-state index is 13.6. The predicted octanol–water partition coefficient (Wildman–Crippen LogP) is 5.51. The summed E-state index contributed by atoms with van der Waals surface area (Å²) in [5, 5.41) is 4.29. The summed E-state index contributed by atoms with van der Waals surface area (Å²) in [6.07, 6.45) is 3.27. The molecule has 1 aliphatic carbocycles. The Balaban J connectivity index is 1.34. The lowest BCUT2D eigenvalue weighted by molar-refractivity contribution is 0.0876. The number of benzene rings is 2. The second-order valence-electron chi connectivity index (χ2n) is 11.3. The number of pyridine rings is 1. The Morgan fingerprint density at radius 1 is 1.00 bits per heavy atom. The molecule has 6 nitrogen and oxygen atoms in total. The SMILES string of the molecule is COc1ccc(N2CCN(c3cc(C(=O)N[C@H]4C[C@@H](C)CC(C)(C)C4)c4ccccc4n3)CC2)cc1. The van der Waals surface area contributed by atoms with Gasteiger partial charge in [-0.1, -0.05) is 39.0 Å². The first-order valence-electron chi connectivity index (χ1n) is 13.2. The Morgan fingerprint density at radius 3 is 2.39 bits per heavy atom. The number of piperazine rings is 1. The number of carbonyl (C=O) groups excluding carboxylic acids is 1. The molecule has 5 rings (SSSR count). The first-order valence-corrected chi connectivity index (χ1v) is 13.2. The Kier molecular flexibility index (Phi) is 6.78. The van der Waals surface area contributed by atoms with Crippen LogP contribution in [0.2, 0.25) is 0 Å². The van der Waals surface area contributed by atoms with Gasteiger partial charge in [-0.3, -0.25) is 4.79 Å². The van der Waals surface area contributed by atoms with Crippen LogP contribution in [0.15, 0.2) is 54.6 Å². The molecule has 0 spiro atoms. The van der Waals surface area contributed by atoms with E-state index in [-0.39, 0.29) is 17.4 Å². The second-order valence-corrected chi connectivity index (χ2v) is 11.3. The van der Waals surface area contributed by atoms with Gasteiger partial charge in [0.15, 0.2) is 0 Å². The van der Waals surface area contributed by atoms with Crippen molar-refractivity contribution in [3.05, 3.63) is 60.2 Å². The average molecular weight is 487 g/mol. The van der Waals surface area contributed by atoms with Crippen molar-refractivity contribution in [3.63, 3.8) is 0 Å². The molecule has 0 radical (unpaired) electrons. The van der Waals surface area contributed by atoms with Crippen molar-refractivity contribution in [1.82, 2.24) is 10.3 Å². The van der Waals surface area contributed by atoms with E-state index < -0.39 is 0 Å². The van der Waals surface area contributed by atoms with Crippen LogP contribution in [-0.2, 0) is 0 Å². The van der Waals surface area contributed by atoms with Gasteiger partial charge in [-0.25, -0.2) is 4.98 Å². The summed E-state index contributed by atoms with van der Waals surface area (Å²) < 4.78 is 5.29. The first kappa shape index (κ1) is 24.4. The topological polar surface area (TPSA) is 57.7 Å². The highest BCUT2D eigenvalue weighted by Gasteiger charge is 2.33. The van der Waals surface area contributed by atoms with Crippen LogP contribution in [0.1, 0.15) is 50.4 Å². The molecule has 6 heteroatoms. The predicted molar refractivity (Wildman–Crippen MR) is 147 cm³/mol. The Morgan fingerprint density at radius 2 is 1.69 bits per heavy atom. The number of anilines is 2. The summed E-state index contributed by atoms with van der Waals surface area (Å²) in [7, 11) is 1.69. The van der Waals surface area contributed by atoms with Gasteiger partial charge in [0.25, 0.3) is 5.91 Å². The standard InChI is InChI=1S/C30H38N4O2/c1-21-17-22(20-30(2,3)19-21)31-29(35)26-18-28(32-27-8-6-5-7-25(26)27)34-15-13-33(14-16-34)23-9-11-24(36-4)12-10-23/h5-12,18,21-22H,13-17,19-20H2,1-4H3,(H,31,35)/t21-,22+/m1/s1. The summed E-state index contributed by atoms with van der Waals surface area (Å²) in [4.78, 5) is 23.2. The fraction of sp³-hybridized carbons (Fsp3) is 0.467. The number of methoxy groups -OCH3 is 1. The molecule has 1 aliphatic heterocycles. The van der Waals surface area contributed by atoms with Crippen LogP contribution >= 0.6 is 0 Å². The van der Waals surface area contributed by atoms with Crippen molar-refractivity contribution in [2.45, 2.75) is 46.1 Å². The molecular weight excluding hydrogens is 448 g/mol. The quantitative estimate of drug-likeness (QED) is 0.515. The molecule has 2 heterocycles. The van der Waals surface area contributed by atoms with E-state index in [1.54, 1.807) is 7.11 Å². The molecule has 2 fully saturated rings. The minimum atomic E-state index is 0.0154. The average Bonchev–Trinajstić information content (AvgIpc) is 2.87. The number of rotatable bonds is 5. The van der Waals surface area contributed by atoms with Crippen molar-refractivity contribution in [2.75, 3.05) is 43.1 Å². The van der Waals surface area contributed by atoms with Gasteiger partial charge < -0.3 is 19.9 Å². The molecule has 2 aliphatic rings. The molecule has 1 saturated heterocycles. The number of carbonyl (C=O) groups is 1. The van der Waals surface area contributed by atoms with E-state index in [9.17, 15) is 4.79 Å². The third-order valence-electron chi connectivity index (χ3n) is 7.71. The van der Waals surface area contributed by atoms with Crippen molar-refractivity contribution < 1.29 is 9.53 Å². The lowest BCUT2D eigenvalue weighted by Crippen LogP contribution is -2.47. The van der Waals surface area contributed by atoms with Gasteiger partial charge in [-0.2, -0.15) is 0 Å². The summed E-state index contributed by atoms with van der Waals surface area (Å²) >= 11 is 0. The van der Waals surface area contributed by atoms with Crippen LogP contribution in [0.4, 0.5) is 11.5 Å². The highest BCUT2D eigenvalue weighted by molar-refractivity contribution is 6.07.